The van der Waals surface area contributed by atoms with Crippen LogP contribution in [0.15, 0.2) is 103 Å². The molecule has 5 heteroatoms. The van der Waals surface area contributed by atoms with Crippen molar-refractivity contribution in [2.24, 2.45) is 0 Å². The Morgan fingerprint density at radius 1 is 0.833 bits per heavy atom. The van der Waals surface area contributed by atoms with Gasteiger partial charge in [0, 0.05) is 17.5 Å². The molecule has 2 atom stereocenters. The maximum atomic E-state index is 11.3. The second-order valence-electron chi connectivity index (χ2n) is 8.77. The Morgan fingerprint density at radius 3 is 2.28 bits per heavy atom. The van der Waals surface area contributed by atoms with Crippen LogP contribution in [0, 0.1) is 0 Å². The summed E-state index contributed by atoms with van der Waals surface area (Å²) in [6.07, 6.45) is 1.72. The molecule has 0 radical (unpaired) electrons. The summed E-state index contributed by atoms with van der Waals surface area (Å²) in [7, 11) is 0. The molecule has 0 aliphatic rings. The van der Waals surface area contributed by atoms with Gasteiger partial charge in [0.1, 0.15) is 5.75 Å². The predicted molar refractivity (Wildman–Crippen MR) is 142 cm³/mol. The minimum Gasteiger partial charge on any atom is -0.494 e. The lowest BCUT2D eigenvalue weighted by Gasteiger charge is -2.18. The standard InChI is InChI=1S/C31H31NO4/c1-23(31(33)34)26-15-8-17-28(21-26)35-20-10-16-27(24-11-4-2-5-12-24)22-36-30-19-9-18-29(32-30)25-13-6-3-7-14-25/h2-9,11-15,17-19,21,23,27H,10,16,20,22H2,1H3,(H,33,34). The van der Waals surface area contributed by atoms with Crippen molar-refractivity contribution in [1.29, 1.82) is 0 Å². The summed E-state index contributed by atoms with van der Waals surface area (Å²) >= 11 is 0. The fourth-order valence-corrected chi connectivity index (χ4v) is 4.06. The van der Waals surface area contributed by atoms with E-state index in [1.807, 2.05) is 91.0 Å². The summed E-state index contributed by atoms with van der Waals surface area (Å²) in [5, 5.41) is 9.26. The third-order valence-electron chi connectivity index (χ3n) is 6.19. The van der Waals surface area contributed by atoms with Crippen molar-refractivity contribution in [3.63, 3.8) is 0 Å². The van der Waals surface area contributed by atoms with Crippen molar-refractivity contribution in [3.8, 4) is 22.9 Å². The highest BCUT2D eigenvalue weighted by Crippen LogP contribution is 2.25. The van der Waals surface area contributed by atoms with Gasteiger partial charge in [-0.05, 0) is 49.1 Å². The van der Waals surface area contributed by atoms with Crippen LogP contribution < -0.4 is 9.47 Å². The van der Waals surface area contributed by atoms with E-state index in [0.717, 1.165) is 29.7 Å². The van der Waals surface area contributed by atoms with Gasteiger partial charge in [-0.2, -0.15) is 0 Å². The highest BCUT2D eigenvalue weighted by Gasteiger charge is 2.15. The normalized spacial score (nSPS) is 12.5. The first-order valence-corrected chi connectivity index (χ1v) is 12.3. The molecule has 0 fully saturated rings. The zero-order valence-electron chi connectivity index (χ0n) is 20.4. The number of carboxylic acids is 1. The molecule has 2 unspecified atom stereocenters. The number of rotatable bonds is 12. The van der Waals surface area contributed by atoms with Gasteiger partial charge in [-0.3, -0.25) is 4.79 Å². The van der Waals surface area contributed by atoms with Crippen molar-refractivity contribution in [1.82, 2.24) is 4.98 Å². The quantitative estimate of drug-likeness (QED) is 0.222. The molecule has 0 spiro atoms. The van der Waals surface area contributed by atoms with E-state index in [2.05, 4.69) is 12.1 Å². The number of pyridine rings is 1. The van der Waals surface area contributed by atoms with E-state index in [-0.39, 0.29) is 5.92 Å². The third-order valence-corrected chi connectivity index (χ3v) is 6.19. The zero-order valence-corrected chi connectivity index (χ0v) is 20.4. The molecule has 4 rings (SSSR count). The Balaban J connectivity index is 1.36. The Hall–Kier alpha value is -4.12. The minimum atomic E-state index is -0.846. The van der Waals surface area contributed by atoms with Crippen LogP contribution in [0.4, 0.5) is 0 Å². The molecule has 0 bridgehead atoms. The van der Waals surface area contributed by atoms with Crippen LogP contribution >= 0.6 is 0 Å². The van der Waals surface area contributed by atoms with Gasteiger partial charge in [0.15, 0.2) is 0 Å². The van der Waals surface area contributed by atoms with E-state index in [1.165, 1.54) is 5.56 Å². The Bertz CT molecular complexity index is 1240. The van der Waals surface area contributed by atoms with Gasteiger partial charge in [-0.25, -0.2) is 4.98 Å². The van der Waals surface area contributed by atoms with Crippen molar-refractivity contribution < 1.29 is 19.4 Å². The van der Waals surface area contributed by atoms with E-state index in [4.69, 9.17) is 14.5 Å². The zero-order chi connectivity index (χ0) is 25.2. The van der Waals surface area contributed by atoms with Crippen molar-refractivity contribution >= 4 is 5.97 Å². The molecule has 3 aromatic carbocycles. The van der Waals surface area contributed by atoms with E-state index in [9.17, 15) is 9.90 Å². The van der Waals surface area contributed by atoms with Crippen LogP contribution in [-0.2, 0) is 4.79 Å². The fourth-order valence-electron chi connectivity index (χ4n) is 4.06. The monoisotopic (exact) mass is 481 g/mol. The molecule has 0 saturated heterocycles. The number of nitrogens with zero attached hydrogens (tertiary/aromatic N) is 1. The lowest BCUT2D eigenvalue weighted by molar-refractivity contribution is -0.138. The molecular formula is C31H31NO4. The Labute approximate surface area is 212 Å². The molecule has 0 saturated carbocycles. The topological polar surface area (TPSA) is 68.7 Å². The van der Waals surface area contributed by atoms with Gasteiger partial charge in [0.05, 0.1) is 24.8 Å². The number of hydrogen-bond acceptors (Lipinski definition) is 4. The van der Waals surface area contributed by atoms with Crippen molar-refractivity contribution in [3.05, 3.63) is 114 Å². The first-order chi connectivity index (χ1) is 17.6. The Kier molecular flexibility index (Phi) is 8.71. The first kappa shape index (κ1) is 25.0. The molecule has 1 heterocycles. The third kappa shape index (κ3) is 6.95. The SMILES string of the molecule is CC(C(=O)O)c1cccc(OCCCC(COc2cccc(-c3ccccc3)n2)c2ccccc2)c1. The lowest BCUT2D eigenvalue weighted by Crippen LogP contribution is -2.13. The summed E-state index contributed by atoms with van der Waals surface area (Å²) in [4.78, 5) is 16.0. The number of benzene rings is 3. The van der Waals surface area contributed by atoms with E-state index in [1.54, 1.807) is 6.92 Å². The summed E-state index contributed by atoms with van der Waals surface area (Å²) in [6, 6.07) is 33.6. The molecule has 0 aliphatic heterocycles. The van der Waals surface area contributed by atoms with Gasteiger partial charge in [-0.1, -0.05) is 78.9 Å². The summed E-state index contributed by atoms with van der Waals surface area (Å²) in [5.74, 6) is 0.0760. The highest BCUT2D eigenvalue weighted by molar-refractivity contribution is 5.75. The molecule has 0 aliphatic carbocycles. The number of aliphatic carboxylic acids is 1. The first-order valence-electron chi connectivity index (χ1n) is 12.3. The van der Waals surface area contributed by atoms with Crippen LogP contribution in [0.2, 0.25) is 0 Å². The van der Waals surface area contributed by atoms with Gasteiger partial charge in [-0.15, -0.1) is 0 Å². The molecule has 1 N–H and O–H groups in total. The average Bonchev–Trinajstić information content (AvgIpc) is 2.93. The molecule has 1 aromatic heterocycles. The van der Waals surface area contributed by atoms with Crippen LogP contribution in [0.25, 0.3) is 11.3 Å². The smallest absolute Gasteiger partial charge is 0.310 e. The highest BCUT2D eigenvalue weighted by atomic mass is 16.5. The van der Waals surface area contributed by atoms with Gasteiger partial charge in [0.2, 0.25) is 5.88 Å². The maximum absolute atomic E-state index is 11.3. The van der Waals surface area contributed by atoms with Gasteiger partial charge >= 0.3 is 5.97 Å². The minimum absolute atomic E-state index is 0.190. The number of carbonyl (C=O) groups is 1. The summed E-state index contributed by atoms with van der Waals surface area (Å²) in [6.45, 7) is 2.73. The molecule has 0 amide bonds. The van der Waals surface area contributed by atoms with E-state index in [0.29, 0.717) is 24.8 Å². The molecule has 36 heavy (non-hydrogen) atoms. The lowest BCUT2D eigenvalue weighted by atomic mass is 9.95. The second-order valence-corrected chi connectivity index (χ2v) is 8.77. The molecular weight excluding hydrogens is 450 g/mol. The number of ether oxygens (including phenoxy) is 2. The maximum Gasteiger partial charge on any atom is 0.310 e. The van der Waals surface area contributed by atoms with Crippen LogP contribution in [0.1, 0.15) is 42.7 Å². The van der Waals surface area contributed by atoms with Gasteiger partial charge < -0.3 is 14.6 Å². The molecule has 4 aromatic rings. The predicted octanol–water partition coefficient (Wildman–Crippen LogP) is 6.96. The number of hydrogen-bond donors (Lipinski definition) is 1. The Morgan fingerprint density at radius 2 is 1.53 bits per heavy atom. The number of carboxylic acid groups (broad SMARTS) is 1. The van der Waals surface area contributed by atoms with Crippen LogP contribution in [-0.4, -0.2) is 29.3 Å². The van der Waals surface area contributed by atoms with Crippen LogP contribution in [0.5, 0.6) is 11.6 Å². The van der Waals surface area contributed by atoms with Gasteiger partial charge in [0.25, 0.3) is 0 Å². The van der Waals surface area contributed by atoms with Crippen molar-refractivity contribution in [2.75, 3.05) is 13.2 Å². The second kappa shape index (κ2) is 12.5. The molecule has 5 nitrogen and oxygen atoms in total. The average molecular weight is 482 g/mol. The summed E-state index contributed by atoms with van der Waals surface area (Å²) in [5.41, 5.74) is 3.90. The molecule has 184 valence electrons. The van der Waals surface area contributed by atoms with E-state index >= 15 is 0 Å². The summed E-state index contributed by atoms with van der Waals surface area (Å²) < 4.78 is 12.1. The largest absolute Gasteiger partial charge is 0.494 e. The fraction of sp³-hybridized carbons (Fsp3) is 0.226. The van der Waals surface area contributed by atoms with E-state index < -0.39 is 11.9 Å². The van der Waals surface area contributed by atoms with Crippen LogP contribution in [0.3, 0.4) is 0 Å². The number of aromatic nitrogens is 1. The van der Waals surface area contributed by atoms with Crippen molar-refractivity contribution in [2.45, 2.75) is 31.6 Å².